The molecular weight excluding hydrogens is 630 g/mol. The van der Waals surface area contributed by atoms with Crippen LogP contribution >= 0.6 is 0 Å². The highest BCUT2D eigenvalue weighted by Crippen LogP contribution is 2.50. The van der Waals surface area contributed by atoms with Crippen LogP contribution in [0.25, 0.3) is 54.9 Å². The predicted molar refractivity (Wildman–Crippen MR) is 188 cm³/mol. The maximum absolute atomic E-state index is 10.2. The van der Waals surface area contributed by atoms with Crippen LogP contribution in [-0.4, -0.2) is 27.8 Å². The molecule has 7 rings (SSSR count). The minimum Gasteiger partial charge on any atom is -1.00 e. The van der Waals surface area contributed by atoms with Crippen molar-refractivity contribution in [2.75, 3.05) is 13.1 Å². The summed E-state index contributed by atoms with van der Waals surface area (Å²) in [6.07, 6.45) is 4.69. The van der Waals surface area contributed by atoms with Crippen LogP contribution in [0.4, 0.5) is 0 Å². The largest absolute Gasteiger partial charge is 1.00 e. The van der Waals surface area contributed by atoms with Gasteiger partial charge in [-0.2, -0.15) is 0 Å². The van der Waals surface area contributed by atoms with Gasteiger partial charge < -0.3 is 31.7 Å². The molecule has 4 heteroatoms. The SMILES string of the molecule is CCCC[N+]1(CCCC)Cc2c(-c3ccc(O)cc3)cc3ccccc3c2-c2c(c(-c3ccc(O)cc3)cc3ccccc23)C1.[Br-]. The molecule has 0 atom stereocenters. The van der Waals surface area contributed by atoms with Crippen LogP contribution in [0.1, 0.15) is 50.7 Å². The Hall–Kier alpha value is -4.12. The number of hydrogen-bond acceptors (Lipinski definition) is 2. The van der Waals surface area contributed by atoms with Crippen molar-refractivity contribution < 1.29 is 31.7 Å². The summed E-state index contributed by atoms with van der Waals surface area (Å²) < 4.78 is 1.01. The average molecular weight is 673 g/mol. The smallest absolute Gasteiger partial charge is 0.115 e. The van der Waals surface area contributed by atoms with Gasteiger partial charge in [0.1, 0.15) is 24.6 Å². The molecule has 0 unspecified atom stereocenters. The Balaban J connectivity index is 0.00000372. The van der Waals surface area contributed by atoms with E-state index in [0.717, 1.165) is 54.6 Å². The first-order chi connectivity index (χ1) is 22.0. The van der Waals surface area contributed by atoms with E-state index in [-0.39, 0.29) is 28.5 Å². The number of phenolic OH excluding ortho intramolecular Hbond substituents is 2. The Kier molecular flexibility index (Phi) is 9.22. The predicted octanol–water partition coefficient (Wildman–Crippen LogP) is 7.84. The summed E-state index contributed by atoms with van der Waals surface area (Å²) >= 11 is 0. The molecule has 3 nitrogen and oxygen atoms in total. The molecule has 6 aromatic carbocycles. The molecule has 0 fully saturated rings. The number of benzene rings is 6. The van der Waals surface area contributed by atoms with E-state index in [4.69, 9.17) is 0 Å². The van der Waals surface area contributed by atoms with Crippen LogP contribution in [0, 0.1) is 0 Å². The highest BCUT2D eigenvalue weighted by molar-refractivity contribution is 6.11. The number of halogens is 1. The summed E-state index contributed by atoms with van der Waals surface area (Å²) in [5.74, 6) is 0.577. The molecule has 234 valence electrons. The quantitative estimate of drug-likeness (QED) is 0.162. The molecule has 0 saturated heterocycles. The summed E-state index contributed by atoms with van der Waals surface area (Å²) in [6.45, 7) is 8.77. The first kappa shape index (κ1) is 31.8. The summed E-state index contributed by atoms with van der Waals surface area (Å²) in [5, 5.41) is 25.5. The van der Waals surface area contributed by atoms with Crippen molar-refractivity contribution in [3.8, 4) is 44.9 Å². The molecule has 1 aliphatic heterocycles. The van der Waals surface area contributed by atoms with Crippen LogP contribution in [0.3, 0.4) is 0 Å². The summed E-state index contributed by atoms with van der Waals surface area (Å²) in [5.41, 5.74) is 10.3. The van der Waals surface area contributed by atoms with Gasteiger partial charge in [0, 0.05) is 22.3 Å². The second-order valence-corrected chi connectivity index (χ2v) is 12.9. The van der Waals surface area contributed by atoms with Crippen LogP contribution in [0.15, 0.2) is 109 Å². The molecule has 1 aliphatic rings. The Labute approximate surface area is 283 Å². The van der Waals surface area contributed by atoms with Crippen LogP contribution in [0.2, 0.25) is 0 Å². The fourth-order valence-electron chi connectivity index (χ4n) is 7.62. The second kappa shape index (κ2) is 13.3. The Bertz CT molecular complexity index is 1850. The second-order valence-electron chi connectivity index (χ2n) is 12.9. The van der Waals surface area contributed by atoms with Crippen molar-refractivity contribution in [1.29, 1.82) is 0 Å². The van der Waals surface area contributed by atoms with E-state index in [1.54, 1.807) is 0 Å². The van der Waals surface area contributed by atoms with E-state index in [9.17, 15) is 10.2 Å². The normalized spacial score (nSPS) is 13.5. The van der Waals surface area contributed by atoms with E-state index >= 15 is 0 Å². The van der Waals surface area contributed by atoms with Crippen molar-refractivity contribution in [3.05, 3.63) is 120 Å². The molecule has 46 heavy (non-hydrogen) atoms. The van der Waals surface area contributed by atoms with Gasteiger partial charge in [0.05, 0.1) is 13.1 Å². The third kappa shape index (κ3) is 5.81. The van der Waals surface area contributed by atoms with Crippen molar-refractivity contribution >= 4 is 21.5 Å². The first-order valence-electron chi connectivity index (χ1n) is 16.5. The lowest BCUT2D eigenvalue weighted by atomic mass is 9.82. The molecule has 6 aromatic rings. The van der Waals surface area contributed by atoms with Crippen LogP contribution in [-0.2, 0) is 13.1 Å². The van der Waals surface area contributed by atoms with Crippen molar-refractivity contribution in [2.45, 2.75) is 52.6 Å². The van der Waals surface area contributed by atoms with E-state index in [0.29, 0.717) is 0 Å². The average Bonchev–Trinajstić information content (AvgIpc) is 3.22. The zero-order valence-electron chi connectivity index (χ0n) is 26.8. The minimum absolute atomic E-state index is 0. The third-order valence-corrected chi connectivity index (χ3v) is 9.88. The lowest BCUT2D eigenvalue weighted by Crippen LogP contribution is -3.00. The van der Waals surface area contributed by atoms with Gasteiger partial charge in [-0.15, -0.1) is 0 Å². The number of nitrogens with zero attached hydrogens (tertiary/aromatic N) is 1. The maximum atomic E-state index is 10.2. The van der Waals surface area contributed by atoms with Crippen molar-refractivity contribution in [3.63, 3.8) is 0 Å². The molecule has 0 aromatic heterocycles. The maximum Gasteiger partial charge on any atom is 0.115 e. The van der Waals surface area contributed by atoms with Crippen molar-refractivity contribution in [2.24, 2.45) is 0 Å². The third-order valence-electron chi connectivity index (χ3n) is 9.88. The van der Waals surface area contributed by atoms with Gasteiger partial charge in [-0.25, -0.2) is 0 Å². The number of aromatic hydroxyl groups is 2. The van der Waals surface area contributed by atoms with E-state index < -0.39 is 0 Å². The van der Waals surface area contributed by atoms with Gasteiger partial charge >= 0.3 is 0 Å². The summed E-state index contributed by atoms with van der Waals surface area (Å²) in [4.78, 5) is 0. The van der Waals surface area contributed by atoms with Crippen molar-refractivity contribution in [1.82, 2.24) is 0 Å². The molecule has 0 spiro atoms. The number of quaternary nitrogens is 1. The molecule has 0 aliphatic carbocycles. The molecule has 0 radical (unpaired) electrons. The van der Waals surface area contributed by atoms with Gasteiger partial charge in [-0.3, -0.25) is 0 Å². The Morgan fingerprint density at radius 2 is 0.935 bits per heavy atom. The molecule has 1 heterocycles. The summed E-state index contributed by atoms with van der Waals surface area (Å²) in [6, 6.07) is 38.0. The number of unbranched alkanes of at least 4 members (excludes halogenated alkanes) is 2. The summed E-state index contributed by atoms with van der Waals surface area (Å²) in [7, 11) is 0. The monoisotopic (exact) mass is 671 g/mol. The zero-order valence-corrected chi connectivity index (χ0v) is 28.4. The van der Waals surface area contributed by atoms with Gasteiger partial charge in [-0.1, -0.05) is 99.5 Å². The molecule has 0 saturated carbocycles. The fraction of sp³-hybridized carbons (Fsp3) is 0.238. The number of hydrogen-bond donors (Lipinski definition) is 2. The van der Waals surface area contributed by atoms with Gasteiger partial charge in [0.25, 0.3) is 0 Å². The van der Waals surface area contributed by atoms with Crippen LogP contribution in [0.5, 0.6) is 11.5 Å². The number of phenols is 2. The van der Waals surface area contributed by atoms with E-state index in [1.807, 2.05) is 24.3 Å². The minimum atomic E-state index is 0. The van der Waals surface area contributed by atoms with Gasteiger partial charge in [0.15, 0.2) is 0 Å². The lowest BCUT2D eigenvalue weighted by Gasteiger charge is -2.39. The molecule has 0 amide bonds. The van der Waals surface area contributed by atoms with Gasteiger partial charge in [-0.05, 0) is 93.0 Å². The Morgan fingerprint density at radius 3 is 1.33 bits per heavy atom. The number of fused-ring (bicyclic) bond motifs is 7. The van der Waals surface area contributed by atoms with Crippen LogP contribution < -0.4 is 17.0 Å². The topological polar surface area (TPSA) is 40.5 Å². The van der Waals surface area contributed by atoms with Gasteiger partial charge in [0.2, 0.25) is 0 Å². The highest BCUT2D eigenvalue weighted by Gasteiger charge is 2.37. The zero-order chi connectivity index (χ0) is 31.0. The fourth-order valence-corrected chi connectivity index (χ4v) is 7.62. The number of rotatable bonds is 8. The highest BCUT2D eigenvalue weighted by atomic mass is 79.9. The van der Waals surface area contributed by atoms with E-state index in [2.05, 4.69) is 98.8 Å². The van der Waals surface area contributed by atoms with E-state index in [1.165, 1.54) is 67.8 Å². The standard InChI is InChI=1S/C42H41NO2.BrH/c1-3-5-23-43(24-6-4-2)27-39-37(29-15-19-33(44)20-16-29)25-31-11-7-9-13-35(31)41(39)42-36-14-10-8-12-32(36)26-38(40(42)28-43)30-17-21-34(45)22-18-30;/h7-22,25-26H,3-6,23-24,27-28H2,1-2H3,(H-,44,45);1H. The first-order valence-corrected chi connectivity index (χ1v) is 16.5. The molecule has 2 N–H and O–H groups in total. The lowest BCUT2D eigenvalue weighted by molar-refractivity contribution is -0.953. The molecule has 0 bridgehead atoms. The Morgan fingerprint density at radius 1 is 0.543 bits per heavy atom. The molecular formula is C42H42BrNO2.